The van der Waals surface area contributed by atoms with E-state index in [1.165, 1.54) is 31.7 Å². The van der Waals surface area contributed by atoms with Crippen LogP contribution in [0.5, 0.6) is 0 Å². The summed E-state index contributed by atoms with van der Waals surface area (Å²) in [6, 6.07) is 0.0297. The maximum absolute atomic E-state index is 12.1. The smallest absolute Gasteiger partial charge is 0.246 e. The van der Waals surface area contributed by atoms with Crippen LogP contribution in [0, 0.1) is 11.8 Å². The zero-order valence-electron chi connectivity index (χ0n) is 16.7. The molecule has 0 radical (unpaired) electrons. The Morgan fingerprint density at radius 2 is 2.07 bits per heavy atom. The average Bonchev–Trinajstić information content (AvgIpc) is 3.14. The Bertz CT molecular complexity index is 965. The number of fused-ring (bicyclic) bond motifs is 1. The molecule has 2 aliphatic rings. The molecule has 8 heteroatoms. The van der Waals surface area contributed by atoms with E-state index in [0.717, 1.165) is 39.0 Å². The van der Waals surface area contributed by atoms with Crippen LogP contribution in [-0.4, -0.2) is 68.2 Å². The number of hydrogen-bond donors (Lipinski definition) is 1. The zero-order valence-corrected chi connectivity index (χ0v) is 16.7. The van der Waals surface area contributed by atoms with Gasteiger partial charge < -0.3 is 10.6 Å². The van der Waals surface area contributed by atoms with Gasteiger partial charge in [-0.05, 0) is 50.8 Å². The monoisotopic (exact) mass is 393 g/mol. The third-order valence-electron chi connectivity index (χ3n) is 5.70. The lowest BCUT2D eigenvalue weighted by molar-refractivity contribution is -0.127. The van der Waals surface area contributed by atoms with Crippen molar-refractivity contribution in [2.45, 2.75) is 38.1 Å². The molecule has 4 heterocycles. The molecule has 152 valence electrons. The lowest BCUT2D eigenvalue weighted by atomic mass is 10.1. The highest BCUT2D eigenvalue weighted by atomic mass is 16.2. The summed E-state index contributed by atoms with van der Waals surface area (Å²) in [5.41, 5.74) is 7.44. The van der Waals surface area contributed by atoms with Crippen LogP contribution in [0.3, 0.4) is 0 Å². The Kier molecular flexibility index (Phi) is 5.76. The minimum atomic E-state index is -0.0538. The number of anilines is 1. The molecule has 2 aromatic heterocycles. The lowest BCUT2D eigenvalue weighted by Crippen LogP contribution is -2.40. The van der Waals surface area contributed by atoms with Crippen molar-refractivity contribution < 1.29 is 4.79 Å². The summed E-state index contributed by atoms with van der Waals surface area (Å²) >= 11 is 0. The van der Waals surface area contributed by atoms with Gasteiger partial charge in [0.25, 0.3) is 0 Å². The predicted octanol–water partition coefficient (Wildman–Crippen LogP) is 1.60. The van der Waals surface area contributed by atoms with Crippen molar-refractivity contribution in [2.75, 3.05) is 38.5 Å². The van der Waals surface area contributed by atoms with Crippen molar-refractivity contribution in [3.05, 3.63) is 24.7 Å². The second-order valence-corrected chi connectivity index (χ2v) is 7.67. The van der Waals surface area contributed by atoms with Crippen molar-refractivity contribution in [1.82, 2.24) is 29.5 Å². The van der Waals surface area contributed by atoms with Crippen molar-refractivity contribution in [3.63, 3.8) is 0 Å². The van der Waals surface area contributed by atoms with Crippen molar-refractivity contribution in [2.24, 2.45) is 0 Å². The standard InChI is InChI=1S/C21H27N7O/c1-2-18(29)27-13-6-8-16(14-27)28-21-19(20(22)23-15-24-21)17(25-28)9-7-12-26-10-4-3-5-11-26/h2,15-16H,1,3-6,8,10-14H2,(H2,22,23,24). The van der Waals surface area contributed by atoms with Crippen LogP contribution in [0.4, 0.5) is 5.82 Å². The Morgan fingerprint density at radius 3 is 2.86 bits per heavy atom. The maximum atomic E-state index is 12.1. The number of carbonyl (C=O) groups excluding carboxylic acids is 1. The SMILES string of the molecule is C=CC(=O)N1CCCC(n2nc(C#CCN3CCCCC3)c3c(N)ncnc32)C1. The molecule has 2 saturated heterocycles. The fourth-order valence-corrected chi connectivity index (χ4v) is 4.17. The number of piperidine rings is 2. The highest BCUT2D eigenvalue weighted by Crippen LogP contribution is 2.28. The molecule has 2 N–H and O–H groups in total. The molecule has 0 bridgehead atoms. The quantitative estimate of drug-likeness (QED) is 0.629. The van der Waals surface area contributed by atoms with E-state index in [1.54, 1.807) is 4.90 Å². The van der Waals surface area contributed by atoms with Crippen molar-refractivity contribution in [3.8, 4) is 11.8 Å². The Hall–Kier alpha value is -2.92. The number of carbonyl (C=O) groups is 1. The fraction of sp³-hybridized carbons (Fsp3) is 0.524. The number of nitrogen functional groups attached to an aromatic ring is 1. The maximum Gasteiger partial charge on any atom is 0.246 e. The number of nitrogens with zero attached hydrogens (tertiary/aromatic N) is 6. The number of hydrogen-bond acceptors (Lipinski definition) is 6. The largest absolute Gasteiger partial charge is 0.383 e. The van der Waals surface area contributed by atoms with Gasteiger partial charge in [0.05, 0.1) is 18.0 Å². The van der Waals surface area contributed by atoms with Crippen LogP contribution in [-0.2, 0) is 4.79 Å². The second kappa shape index (κ2) is 8.62. The fourth-order valence-electron chi connectivity index (χ4n) is 4.17. The van der Waals surface area contributed by atoms with Gasteiger partial charge in [-0.3, -0.25) is 9.69 Å². The van der Waals surface area contributed by atoms with Crippen LogP contribution in [0.1, 0.15) is 43.8 Å². The molecular formula is C21H27N7O. The highest BCUT2D eigenvalue weighted by molar-refractivity contribution is 5.90. The van der Waals surface area contributed by atoms with E-state index in [1.807, 2.05) is 4.68 Å². The molecule has 1 amide bonds. The van der Waals surface area contributed by atoms with Crippen molar-refractivity contribution in [1.29, 1.82) is 0 Å². The first-order chi connectivity index (χ1) is 14.2. The average molecular weight is 393 g/mol. The van der Waals surface area contributed by atoms with Gasteiger partial charge in [-0.15, -0.1) is 0 Å². The zero-order chi connectivity index (χ0) is 20.2. The molecule has 29 heavy (non-hydrogen) atoms. The van der Waals surface area contributed by atoms with Gasteiger partial charge >= 0.3 is 0 Å². The molecular weight excluding hydrogens is 366 g/mol. The number of amides is 1. The third-order valence-corrected chi connectivity index (χ3v) is 5.70. The van der Waals surface area contributed by atoms with Gasteiger partial charge in [-0.2, -0.15) is 5.10 Å². The van der Waals surface area contributed by atoms with E-state index in [2.05, 4.69) is 33.3 Å². The molecule has 2 aromatic rings. The first kappa shape index (κ1) is 19.4. The second-order valence-electron chi connectivity index (χ2n) is 7.67. The van der Waals surface area contributed by atoms with Gasteiger partial charge in [0.2, 0.25) is 5.91 Å². The van der Waals surface area contributed by atoms with Gasteiger partial charge in [-0.1, -0.05) is 18.9 Å². The van der Waals surface area contributed by atoms with E-state index >= 15 is 0 Å². The highest BCUT2D eigenvalue weighted by Gasteiger charge is 2.27. The van der Waals surface area contributed by atoms with E-state index in [-0.39, 0.29) is 11.9 Å². The lowest BCUT2D eigenvalue weighted by Gasteiger charge is -2.32. The van der Waals surface area contributed by atoms with Crippen LogP contribution < -0.4 is 5.73 Å². The number of rotatable bonds is 3. The molecule has 1 atom stereocenters. The molecule has 2 aliphatic heterocycles. The summed E-state index contributed by atoms with van der Waals surface area (Å²) in [6.07, 6.45) is 8.42. The molecule has 0 aliphatic carbocycles. The van der Waals surface area contributed by atoms with E-state index in [0.29, 0.717) is 29.1 Å². The van der Waals surface area contributed by atoms with Crippen LogP contribution in [0.15, 0.2) is 19.0 Å². The minimum absolute atomic E-state index is 0.0297. The van der Waals surface area contributed by atoms with Crippen molar-refractivity contribution >= 4 is 22.8 Å². The Labute approximate surface area is 170 Å². The van der Waals surface area contributed by atoms with Gasteiger partial charge in [-0.25, -0.2) is 14.6 Å². The summed E-state index contributed by atoms with van der Waals surface area (Å²) in [5, 5.41) is 5.45. The van der Waals surface area contributed by atoms with Gasteiger partial charge in [0, 0.05) is 13.1 Å². The minimum Gasteiger partial charge on any atom is -0.383 e. The molecule has 0 spiro atoms. The first-order valence-electron chi connectivity index (χ1n) is 10.3. The van der Waals surface area contributed by atoms with Crippen LogP contribution in [0.2, 0.25) is 0 Å². The summed E-state index contributed by atoms with van der Waals surface area (Å²) in [6.45, 7) is 7.84. The molecule has 2 fully saturated rings. The number of aromatic nitrogens is 4. The normalized spacial score (nSPS) is 20.3. The topological polar surface area (TPSA) is 93.2 Å². The summed E-state index contributed by atoms with van der Waals surface area (Å²) in [7, 11) is 0. The first-order valence-corrected chi connectivity index (χ1v) is 10.3. The van der Waals surface area contributed by atoms with Gasteiger partial charge in [0.1, 0.15) is 17.8 Å². The molecule has 1 unspecified atom stereocenters. The molecule has 0 aromatic carbocycles. The van der Waals surface area contributed by atoms with Crippen LogP contribution >= 0.6 is 0 Å². The Morgan fingerprint density at radius 1 is 1.24 bits per heavy atom. The van der Waals surface area contributed by atoms with Gasteiger partial charge in [0.15, 0.2) is 5.65 Å². The predicted molar refractivity (Wildman–Crippen MR) is 112 cm³/mol. The number of likely N-dealkylation sites (tertiary alicyclic amines) is 2. The number of nitrogens with two attached hydrogens (primary N) is 1. The molecule has 8 nitrogen and oxygen atoms in total. The third kappa shape index (κ3) is 4.10. The van der Waals surface area contributed by atoms with E-state index in [9.17, 15) is 4.79 Å². The summed E-state index contributed by atoms with van der Waals surface area (Å²) in [5.74, 6) is 6.79. The van der Waals surface area contributed by atoms with E-state index < -0.39 is 0 Å². The Balaban J connectivity index is 1.63. The van der Waals surface area contributed by atoms with Crippen LogP contribution in [0.25, 0.3) is 11.0 Å². The summed E-state index contributed by atoms with van der Waals surface area (Å²) in [4.78, 5) is 24.8. The van der Waals surface area contributed by atoms with E-state index in [4.69, 9.17) is 10.8 Å². The molecule has 0 saturated carbocycles. The molecule has 4 rings (SSSR count). The summed E-state index contributed by atoms with van der Waals surface area (Å²) < 4.78 is 1.88.